The van der Waals surface area contributed by atoms with Gasteiger partial charge in [0, 0.05) is 18.3 Å². The molecule has 4 nitrogen and oxygen atoms in total. The molecule has 0 aliphatic carbocycles. The van der Waals surface area contributed by atoms with Crippen molar-refractivity contribution in [3.63, 3.8) is 0 Å². The molecule has 3 heterocycles. The molecule has 0 saturated carbocycles. The van der Waals surface area contributed by atoms with E-state index in [1.165, 1.54) is 10.6 Å². The third kappa shape index (κ3) is 3.74. The van der Waals surface area contributed by atoms with Gasteiger partial charge in [0.2, 0.25) is 0 Å². The molecule has 118 valence electrons. The third-order valence-electron chi connectivity index (χ3n) is 3.73. The van der Waals surface area contributed by atoms with Crippen LogP contribution in [0.3, 0.4) is 0 Å². The van der Waals surface area contributed by atoms with Crippen molar-refractivity contribution in [2.45, 2.75) is 33.1 Å². The van der Waals surface area contributed by atoms with Gasteiger partial charge in [0.15, 0.2) is 0 Å². The summed E-state index contributed by atoms with van der Waals surface area (Å²) in [7, 11) is 0. The van der Waals surface area contributed by atoms with Gasteiger partial charge in [-0.1, -0.05) is 19.9 Å². The molecule has 0 aliphatic rings. The van der Waals surface area contributed by atoms with Gasteiger partial charge in [-0.15, -0.1) is 11.3 Å². The minimum Gasteiger partial charge on any atom is -0.325 e. The number of thiazole rings is 1. The number of pyridine rings is 2. The molecule has 3 rings (SSSR count). The van der Waals surface area contributed by atoms with Crippen LogP contribution in [0.2, 0.25) is 0 Å². The molecule has 0 aromatic carbocycles. The summed E-state index contributed by atoms with van der Waals surface area (Å²) < 4.78 is 0. The van der Waals surface area contributed by atoms with Crippen LogP contribution in [0.15, 0.2) is 42.7 Å². The number of anilines is 2. The summed E-state index contributed by atoms with van der Waals surface area (Å²) in [6.07, 6.45) is 4.81. The quantitative estimate of drug-likeness (QED) is 0.704. The molecular formula is C18H20N4S. The Morgan fingerprint density at radius 1 is 1.17 bits per heavy atom. The molecule has 0 aliphatic heterocycles. The molecule has 1 N–H and O–H groups in total. The van der Waals surface area contributed by atoms with Crippen LogP contribution in [-0.2, 0) is 0 Å². The Balaban J connectivity index is 1.83. The van der Waals surface area contributed by atoms with Crippen LogP contribution in [0.4, 0.5) is 11.6 Å². The maximum absolute atomic E-state index is 4.69. The summed E-state index contributed by atoms with van der Waals surface area (Å²) in [6, 6.07) is 9.95. The first-order valence-electron chi connectivity index (χ1n) is 7.78. The summed E-state index contributed by atoms with van der Waals surface area (Å²) in [5.41, 5.74) is 2.11. The smallest absolute Gasteiger partial charge is 0.132 e. The van der Waals surface area contributed by atoms with Crippen molar-refractivity contribution in [1.29, 1.82) is 0 Å². The van der Waals surface area contributed by atoms with Crippen molar-refractivity contribution in [3.05, 3.63) is 53.3 Å². The van der Waals surface area contributed by atoms with Crippen LogP contribution in [0.5, 0.6) is 0 Å². The van der Waals surface area contributed by atoms with E-state index in [9.17, 15) is 0 Å². The number of aryl methyl sites for hydroxylation is 1. The van der Waals surface area contributed by atoms with Crippen molar-refractivity contribution in [2.24, 2.45) is 0 Å². The standard InChI is InChI=1S/C18H20N4S/c1-4-13(3)18-20-11-15(23-18)14-6-5-7-16(21-14)22-17-10-12(2)8-9-19-17/h5-11,13H,4H2,1-3H3,(H,19,21,22). The maximum Gasteiger partial charge on any atom is 0.132 e. The lowest BCUT2D eigenvalue weighted by atomic mass is 10.1. The van der Waals surface area contributed by atoms with E-state index < -0.39 is 0 Å². The summed E-state index contributed by atoms with van der Waals surface area (Å²) in [5.74, 6) is 2.09. The van der Waals surface area contributed by atoms with Gasteiger partial charge in [-0.05, 0) is 43.2 Å². The fourth-order valence-corrected chi connectivity index (χ4v) is 3.21. The average Bonchev–Trinajstić information content (AvgIpc) is 3.04. The van der Waals surface area contributed by atoms with E-state index in [4.69, 9.17) is 0 Å². The fraction of sp³-hybridized carbons (Fsp3) is 0.278. The van der Waals surface area contributed by atoms with Crippen LogP contribution in [0.1, 0.15) is 36.8 Å². The number of hydrogen-bond acceptors (Lipinski definition) is 5. The normalized spacial score (nSPS) is 12.1. The van der Waals surface area contributed by atoms with E-state index in [0.29, 0.717) is 5.92 Å². The second-order valence-corrected chi connectivity index (χ2v) is 6.69. The molecule has 0 fully saturated rings. The largest absolute Gasteiger partial charge is 0.325 e. The first-order chi connectivity index (χ1) is 11.2. The second kappa shape index (κ2) is 6.87. The molecule has 1 atom stereocenters. The van der Waals surface area contributed by atoms with Crippen molar-refractivity contribution in [1.82, 2.24) is 15.0 Å². The molecule has 0 amide bonds. The van der Waals surface area contributed by atoms with Gasteiger partial charge in [-0.3, -0.25) is 0 Å². The van der Waals surface area contributed by atoms with Crippen LogP contribution < -0.4 is 5.32 Å². The van der Waals surface area contributed by atoms with Crippen molar-refractivity contribution >= 4 is 23.0 Å². The van der Waals surface area contributed by atoms with Crippen molar-refractivity contribution in [3.8, 4) is 10.6 Å². The second-order valence-electron chi connectivity index (χ2n) is 5.62. The number of hydrogen-bond donors (Lipinski definition) is 1. The topological polar surface area (TPSA) is 50.7 Å². The van der Waals surface area contributed by atoms with Crippen molar-refractivity contribution < 1.29 is 0 Å². The lowest BCUT2D eigenvalue weighted by Crippen LogP contribution is -1.96. The Hall–Kier alpha value is -2.27. The SMILES string of the molecule is CCC(C)c1ncc(-c2cccc(Nc3cc(C)ccn3)n2)s1. The monoisotopic (exact) mass is 324 g/mol. The number of nitrogens with zero attached hydrogens (tertiary/aromatic N) is 3. The van der Waals surface area contributed by atoms with E-state index in [-0.39, 0.29) is 0 Å². The fourth-order valence-electron chi connectivity index (χ4n) is 2.19. The molecule has 3 aromatic rings. The Morgan fingerprint density at radius 3 is 2.83 bits per heavy atom. The minimum absolute atomic E-state index is 0.492. The van der Waals surface area contributed by atoms with E-state index in [1.807, 2.05) is 43.5 Å². The Bertz CT molecular complexity index is 797. The first-order valence-corrected chi connectivity index (χ1v) is 8.60. The minimum atomic E-state index is 0.492. The first kappa shape index (κ1) is 15.6. The van der Waals surface area contributed by atoms with Gasteiger partial charge in [0.05, 0.1) is 15.6 Å². The summed E-state index contributed by atoms with van der Waals surface area (Å²) >= 11 is 1.72. The zero-order valence-electron chi connectivity index (χ0n) is 13.6. The number of aromatic nitrogens is 3. The lowest BCUT2D eigenvalue weighted by molar-refractivity contribution is 0.727. The highest BCUT2D eigenvalue weighted by Crippen LogP contribution is 2.30. The van der Waals surface area contributed by atoms with E-state index in [1.54, 1.807) is 17.5 Å². The third-order valence-corrected chi connectivity index (χ3v) is 4.98. The van der Waals surface area contributed by atoms with Crippen LogP contribution in [0, 0.1) is 6.92 Å². The molecule has 0 spiro atoms. The summed E-state index contributed by atoms with van der Waals surface area (Å²) in [4.78, 5) is 14.6. The zero-order chi connectivity index (χ0) is 16.2. The molecule has 5 heteroatoms. The molecular weight excluding hydrogens is 304 g/mol. The van der Waals surface area contributed by atoms with Gasteiger partial charge in [0.1, 0.15) is 11.6 Å². The number of rotatable bonds is 5. The van der Waals surface area contributed by atoms with Crippen LogP contribution >= 0.6 is 11.3 Å². The number of nitrogens with one attached hydrogen (secondary N) is 1. The van der Waals surface area contributed by atoms with Crippen LogP contribution in [-0.4, -0.2) is 15.0 Å². The predicted molar refractivity (Wildman–Crippen MR) is 96.3 cm³/mol. The van der Waals surface area contributed by atoms with E-state index >= 15 is 0 Å². The molecule has 0 bridgehead atoms. The predicted octanol–water partition coefficient (Wildman–Crippen LogP) is 5.17. The molecule has 0 radical (unpaired) electrons. The highest BCUT2D eigenvalue weighted by Gasteiger charge is 2.11. The van der Waals surface area contributed by atoms with Gasteiger partial charge >= 0.3 is 0 Å². The van der Waals surface area contributed by atoms with Gasteiger partial charge in [-0.2, -0.15) is 0 Å². The highest BCUT2D eigenvalue weighted by molar-refractivity contribution is 7.15. The van der Waals surface area contributed by atoms with Crippen molar-refractivity contribution in [2.75, 3.05) is 5.32 Å². The van der Waals surface area contributed by atoms with Gasteiger partial charge in [0.25, 0.3) is 0 Å². The Kier molecular flexibility index (Phi) is 4.67. The summed E-state index contributed by atoms with van der Waals surface area (Å²) in [6.45, 7) is 6.44. The Labute approximate surface area is 140 Å². The van der Waals surface area contributed by atoms with Gasteiger partial charge in [-0.25, -0.2) is 15.0 Å². The lowest BCUT2D eigenvalue weighted by Gasteiger charge is -2.06. The maximum atomic E-state index is 4.69. The highest BCUT2D eigenvalue weighted by atomic mass is 32.1. The zero-order valence-corrected chi connectivity index (χ0v) is 14.4. The molecule has 23 heavy (non-hydrogen) atoms. The molecule has 3 aromatic heterocycles. The van der Waals surface area contributed by atoms with Crippen LogP contribution in [0.25, 0.3) is 10.6 Å². The average molecular weight is 324 g/mol. The van der Waals surface area contributed by atoms with E-state index in [0.717, 1.165) is 28.6 Å². The van der Waals surface area contributed by atoms with E-state index in [2.05, 4.69) is 34.1 Å². The molecule has 1 unspecified atom stereocenters. The summed E-state index contributed by atoms with van der Waals surface area (Å²) in [5, 5.41) is 4.43. The van der Waals surface area contributed by atoms with Gasteiger partial charge < -0.3 is 5.32 Å². The molecule has 0 saturated heterocycles. The Morgan fingerprint density at radius 2 is 2.04 bits per heavy atom.